The maximum Gasteiger partial charge on any atom is 0.319 e. The van der Waals surface area contributed by atoms with E-state index in [-0.39, 0.29) is 33.9 Å². The van der Waals surface area contributed by atoms with Crippen molar-refractivity contribution >= 4 is 39.3 Å². The van der Waals surface area contributed by atoms with E-state index in [0.717, 1.165) is 80.4 Å². The van der Waals surface area contributed by atoms with Gasteiger partial charge in [-0.1, -0.05) is 12.1 Å². The van der Waals surface area contributed by atoms with E-state index >= 15 is 4.39 Å². The minimum Gasteiger partial charge on any atom is -0.508 e. The molecule has 1 aromatic heterocycles. The van der Waals surface area contributed by atoms with Gasteiger partial charge in [-0.3, -0.25) is 4.90 Å². The van der Waals surface area contributed by atoms with E-state index in [0.29, 0.717) is 35.5 Å². The number of hydrogen-bond donors (Lipinski definition) is 2. The maximum atomic E-state index is 17.1. The van der Waals surface area contributed by atoms with Gasteiger partial charge in [-0.25, -0.2) is 4.39 Å². The zero-order valence-corrected chi connectivity index (χ0v) is 25.6. The number of aromatic nitrogens is 2. The number of phenols is 1. The van der Waals surface area contributed by atoms with Crippen molar-refractivity contribution in [3.8, 4) is 29.0 Å². The van der Waals surface area contributed by atoms with Gasteiger partial charge in [0.05, 0.1) is 17.2 Å². The van der Waals surface area contributed by atoms with Crippen molar-refractivity contribution in [2.45, 2.75) is 61.0 Å². The van der Waals surface area contributed by atoms with Gasteiger partial charge in [0.25, 0.3) is 0 Å². The number of nitrogens with zero attached hydrogens (tertiary/aromatic N) is 5. The number of nitriles is 1. The lowest BCUT2D eigenvalue weighted by molar-refractivity contribution is 0.108. The zero-order valence-electron chi connectivity index (χ0n) is 24.8. The summed E-state index contributed by atoms with van der Waals surface area (Å²) in [6, 6.07) is 13.8. The molecule has 4 fully saturated rings. The summed E-state index contributed by atoms with van der Waals surface area (Å²) < 4.78 is 23.5. The Balaban J connectivity index is 1.32. The predicted octanol–water partition coefficient (Wildman–Crippen LogP) is 5.84. The molecule has 2 atom stereocenters. The van der Waals surface area contributed by atoms with Gasteiger partial charge in [0, 0.05) is 46.4 Å². The van der Waals surface area contributed by atoms with E-state index < -0.39 is 5.82 Å². The van der Waals surface area contributed by atoms with Crippen LogP contribution in [0.3, 0.4) is 0 Å². The van der Waals surface area contributed by atoms with E-state index in [1.165, 1.54) is 0 Å². The molecule has 0 saturated carbocycles. The minimum atomic E-state index is -0.602. The van der Waals surface area contributed by atoms with Crippen LogP contribution in [0.2, 0.25) is 0 Å². The molecule has 10 heteroatoms. The van der Waals surface area contributed by atoms with E-state index in [1.54, 1.807) is 30.0 Å². The van der Waals surface area contributed by atoms with Crippen molar-refractivity contribution in [2.75, 3.05) is 43.9 Å². The molecule has 8 rings (SSSR count). The van der Waals surface area contributed by atoms with Crippen molar-refractivity contribution in [1.82, 2.24) is 20.2 Å². The Labute approximate surface area is 260 Å². The summed E-state index contributed by atoms with van der Waals surface area (Å²) in [5, 5.41) is 26.8. The quantitative estimate of drug-likeness (QED) is 0.261. The van der Waals surface area contributed by atoms with E-state index in [1.807, 2.05) is 24.5 Å². The highest BCUT2D eigenvalue weighted by Crippen LogP contribution is 2.44. The lowest BCUT2D eigenvalue weighted by atomic mass is 9.92. The minimum absolute atomic E-state index is 0.00426. The van der Waals surface area contributed by atoms with Crippen molar-refractivity contribution in [2.24, 2.45) is 0 Å². The molecule has 44 heavy (non-hydrogen) atoms. The molecule has 0 aliphatic carbocycles. The van der Waals surface area contributed by atoms with Gasteiger partial charge in [0.2, 0.25) is 0 Å². The molecule has 0 spiro atoms. The number of aromatic hydroxyl groups is 1. The number of benzene rings is 3. The Hall–Kier alpha value is -3.65. The zero-order chi connectivity index (χ0) is 30.0. The fourth-order valence-corrected chi connectivity index (χ4v) is 8.87. The highest BCUT2D eigenvalue weighted by atomic mass is 32.2. The van der Waals surface area contributed by atoms with Crippen LogP contribution >= 0.6 is 11.8 Å². The number of rotatable bonds is 6. The molecule has 4 aliphatic heterocycles. The van der Waals surface area contributed by atoms with Crippen LogP contribution in [-0.4, -0.2) is 76.6 Å². The number of fused-ring (bicyclic) bond motifs is 5. The van der Waals surface area contributed by atoms with Gasteiger partial charge in [-0.2, -0.15) is 15.2 Å². The Morgan fingerprint density at radius 3 is 2.64 bits per heavy atom. The van der Waals surface area contributed by atoms with Crippen LogP contribution in [0.15, 0.2) is 41.3 Å². The Morgan fingerprint density at radius 1 is 1.14 bits per heavy atom. The molecule has 2 N–H and O–H groups in total. The first-order valence-electron chi connectivity index (χ1n) is 15.6. The van der Waals surface area contributed by atoms with Gasteiger partial charge < -0.3 is 20.1 Å². The number of ether oxygens (including phenoxy) is 1. The van der Waals surface area contributed by atoms with Crippen molar-refractivity contribution < 1.29 is 14.2 Å². The summed E-state index contributed by atoms with van der Waals surface area (Å²) in [5.41, 5.74) is 0.913. The molecule has 226 valence electrons. The first-order chi connectivity index (χ1) is 21.5. The molecule has 5 heterocycles. The number of phenolic OH excluding ortho intramolecular Hbond substituents is 1. The standard InChI is InChI=1S/C34H35FN6O2S/c1-44-27-6-2-5-20-13-24(42)15-25(28(20)27)29-21(16-36)14-26-31(30(29)35)38-33(43-19-34-9-3-11-41(34)12-4-10-34)39-32(26)40-17-22-7-8-23(18-40)37-22/h2,5-6,13-15,22-23,37,42H,3-4,7-12,17-19H2,1H3. The molecule has 0 amide bonds. The van der Waals surface area contributed by atoms with Crippen LogP contribution < -0.4 is 15.0 Å². The molecule has 3 aromatic carbocycles. The second-order valence-corrected chi connectivity index (χ2v) is 13.6. The third-order valence-corrected chi connectivity index (χ3v) is 11.0. The maximum absolute atomic E-state index is 17.1. The van der Waals surface area contributed by atoms with Crippen LogP contribution in [0, 0.1) is 17.1 Å². The Kier molecular flexibility index (Phi) is 6.81. The third-order valence-electron chi connectivity index (χ3n) is 10.2. The fourth-order valence-electron chi connectivity index (χ4n) is 8.22. The molecule has 8 nitrogen and oxygen atoms in total. The first kappa shape index (κ1) is 27.9. The van der Waals surface area contributed by atoms with Crippen LogP contribution in [0.25, 0.3) is 32.8 Å². The third kappa shape index (κ3) is 4.47. The molecule has 4 aromatic rings. The number of hydrogen-bond acceptors (Lipinski definition) is 9. The molecule has 4 saturated heterocycles. The van der Waals surface area contributed by atoms with E-state index in [9.17, 15) is 10.4 Å². The topological polar surface area (TPSA) is 97.5 Å². The molecular weight excluding hydrogens is 575 g/mol. The van der Waals surface area contributed by atoms with E-state index in [4.69, 9.17) is 14.7 Å². The Bertz CT molecular complexity index is 1820. The largest absolute Gasteiger partial charge is 0.508 e. The summed E-state index contributed by atoms with van der Waals surface area (Å²) in [4.78, 5) is 15.3. The van der Waals surface area contributed by atoms with E-state index in [2.05, 4.69) is 21.2 Å². The highest BCUT2D eigenvalue weighted by Gasteiger charge is 2.45. The number of thioether (sulfide) groups is 1. The fraction of sp³-hybridized carbons (Fsp3) is 0.441. The number of halogens is 1. The summed E-state index contributed by atoms with van der Waals surface area (Å²) in [5.74, 6) is 0.0212. The van der Waals surface area contributed by atoms with Gasteiger partial charge in [-0.05, 0) is 93.1 Å². The Morgan fingerprint density at radius 2 is 1.91 bits per heavy atom. The summed E-state index contributed by atoms with van der Waals surface area (Å²) in [6.45, 7) is 4.14. The monoisotopic (exact) mass is 610 g/mol. The normalized spacial score (nSPS) is 22.5. The highest BCUT2D eigenvalue weighted by molar-refractivity contribution is 7.98. The van der Waals surface area contributed by atoms with Crippen molar-refractivity contribution in [3.05, 3.63) is 47.8 Å². The van der Waals surface area contributed by atoms with Gasteiger partial charge in [-0.15, -0.1) is 11.8 Å². The summed E-state index contributed by atoms with van der Waals surface area (Å²) >= 11 is 1.54. The van der Waals surface area contributed by atoms with Gasteiger partial charge in [0.15, 0.2) is 5.82 Å². The lowest BCUT2D eigenvalue weighted by Gasteiger charge is -2.35. The SMILES string of the molecule is CSc1cccc2cc(O)cc(-c3c(C#N)cc4c(N5CC6CCC(C5)N6)nc(OCC56CCCN5CCC6)nc4c3F)c12. The summed E-state index contributed by atoms with van der Waals surface area (Å²) in [6.07, 6.45) is 8.63. The number of nitrogens with one attached hydrogen (secondary N) is 1. The van der Waals surface area contributed by atoms with Crippen LogP contribution in [0.1, 0.15) is 44.1 Å². The lowest BCUT2D eigenvalue weighted by Crippen LogP contribution is -2.51. The molecular formula is C34H35FN6O2S. The van der Waals surface area contributed by atoms with Crippen LogP contribution in [-0.2, 0) is 0 Å². The number of anilines is 1. The van der Waals surface area contributed by atoms with Gasteiger partial charge in [0.1, 0.15) is 23.7 Å². The molecule has 0 radical (unpaired) electrons. The molecule has 2 unspecified atom stereocenters. The predicted molar refractivity (Wildman–Crippen MR) is 171 cm³/mol. The molecule has 4 aliphatic rings. The number of piperazine rings is 1. The average Bonchev–Trinajstić information content (AvgIpc) is 3.72. The average molecular weight is 611 g/mol. The van der Waals surface area contributed by atoms with Gasteiger partial charge >= 0.3 is 6.01 Å². The van der Waals surface area contributed by atoms with Crippen molar-refractivity contribution in [3.63, 3.8) is 0 Å². The summed E-state index contributed by atoms with van der Waals surface area (Å²) in [7, 11) is 0. The second kappa shape index (κ2) is 10.8. The van der Waals surface area contributed by atoms with Crippen molar-refractivity contribution in [1.29, 1.82) is 5.26 Å². The smallest absolute Gasteiger partial charge is 0.319 e. The molecule has 2 bridgehead atoms. The second-order valence-electron chi connectivity index (χ2n) is 12.8. The first-order valence-corrected chi connectivity index (χ1v) is 16.8. The van der Waals surface area contributed by atoms with Crippen LogP contribution in [0.4, 0.5) is 10.2 Å². The van der Waals surface area contributed by atoms with Crippen LogP contribution in [0.5, 0.6) is 11.8 Å².